The van der Waals surface area contributed by atoms with E-state index < -0.39 is 0 Å². The summed E-state index contributed by atoms with van der Waals surface area (Å²) in [5.74, 6) is 1.20. The van der Waals surface area contributed by atoms with Crippen LogP contribution in [0.25, 0.3) is 0 Å². The Hall–Kier alpha value is -2.09. The zero-order valence-corrected chi connectivity index (χ0v) is 12.4. The van der Waals surface area contributed by atoms with Crippen LogP contribution < -0.4 is 10.5 Å². The van der Waals surface area contributed by atoms with Gasteiger partial charge >= 0.3 is 0 Å². The molecule has 0 aliphatic carbocycles. The Kier molecular flexibility index (Phi) is 4.57. The van der Waals surface area contributed by atoms with Crippen molar-refractivity contribution in [3.8, 4) is 5.75 Å². The number of rotatable bonds is 5. The molecule has 0 aliphatic heterocycles. The maximum absolute atomic E-state index is 8.80. The lowest BCUT2D eigenvalue weighted by Gasteiger charge is -2.11. The van der Waals surface area contributed by atoms with Crippen LogP contribution in [-0.4, -0.2) is 25.8 Å². The van der Waals surface area contributed by atoms with Crippen LogP contribution in [0.4, 0.5) is 0 Å². The molecule has 0 radical (unpaired) electrons. The van der Waals surface area contributed by atoms with E-state index >= 15 is 0 Å². The summed E-state index contributed by atoms with van der Waals surface area (Å²) >= 11 is 3.33. The van der Waals surface area contributed by atoms with Crippen molar-refractivity contribution in [2.45, 2.75) is 20.1 Å². The minimum atomic E-state index is -0.0155. The Morgan fingerprint density at radius 1 is 1.55 bits per heavy atom. The monoisotopic (exact) mass is 339 g/mol. The Labute approximate surface area is 124 Å². The molecule has 3 N–H and O–H groups in total. The summed E-state index contributed by atoms with van der Waals surface area (Å²) in [5, 5.41) is 15.9. The number of halogens is 1. The quantitative estimate of drug-likeness (QED) is 0.374. The summed E-state index contributed by atoms with van der Waals surface area (Å²) in [4.78, 5) is 4.12. The number of aromatic nitrogens is 3. The van der Waals surface area contributed by atoms with Crippen LogP contribution >= 0.6 is 15.9 Å². The summed E-state index contributed by atoms with van der Waals surface area (Å²) in [6.07, 6.45) is 1.48. The molecule has 0 atom stereocenters. The number of benzene rings is 1. The summed E-state index contributed by atoms with van der Waals surface area (Å²) in [7, 11) is 0. The largest absolute Gasteiger partial charge is 0.485 e. The van der Waals surface area contributed by atoms with Gasteiger partial charge in [0.2, 0.25) is 0 Å². The van der Waals surface area contributed by atoms with Gasteiger partial charge in [-0.05, 0) is 25.1 Å². The molecule has 20 heavy (non-hydrogen) atoms. The Morgan fingerprint density at radius 2 is 2.35 bits per heavy atom. The molecule has 2 rings (SSSR count). The van der Waals surface area contributed by atoms with Gasteiger partial charge < -0.3 is 15.7 Å². The van der Waals surface area contributed by atoms with Crippen molar-refractivity contribution in [3.63, 3.8) is 0 Å². The van der Waals surface area contributed by atoms with Gasteiger partial charge in [0, 0.05) is 11.0 Å². The SMILES string of the molecule is CCn1ncnc1COc1ccc(Br)cc1/C(N)=N/O. The predicted molar refractivity (Wildman–Crippen MR) is 76.7 cm³/mol. The van der Waals surface area contributed by atoms with E-state index in [1.54, 1.807) is 16.8 Å². The molecule has 0 saturated carbocycles. The molecule has 1 aromatic carbocycles. The zero-order valence-electron chi connectivity index (χ0n) is 10.8. The lowest BCUT2D eigenvalue weighted by molar-refractivity contribution is 0.285. The number of aryl methyl sites for hydroxylation is 1. The Morgan fingerprint density at radius 3 is 3.05 bits per heavy atom. The van der Waals surface area contributed by atoms with Crippen molar-refractivity contribution in [2.75, 3.05) is 0 Å². The fraction of sp³-hybridized carbons (Fsp3) is 0.250. The number of amidine groups is 1. The van der Waals surface area contributed by atoms with Crippen LogP contribution in [0, 0.1) is 0 Å². The molecule has 106 valence electrons. The highest BCUT2D eigenvalue weighted by molar-refractivity contribution is 9.10. The van der Waals surface area contributed by atoms with Crippen molar-refractivity contribution in [1.82, 2.24) is 14.8 Å². The van der Waals surface area contributed by atoms with Gasteiger partial charge in [-0.1, -0.05) is 21.1 Å². The molecule has 2 aromatic rings. The highest BCUT2D eigenvalue weighted by Crippen LogP contribution is 2.23. The fourth-order valence-corrected chi connectivity index (χ4v) is 2.05. The third-order valence-electron chi connectivity index (χ3n) is 2.68. The van der Waals surface area contributed by atoms with Gasteiger partial charge in [0.25, 0.3) is 0 Å². The third-order valence-corrected chi connectivity index (χ3v) is 3.17. The van der Waals surface area contributed by atoms with Crippen LogP contribution in [0.3, 0.4) is 0 Å². The summed E-state index contributed by atoms with van der Waals surface area (Å²) in [6.45, 7) is 2.94. The number of hydrogen-bond donors (Lipinski definition) is 2. The second-order valence-corrected chi connectivity index (χ2v) is 4.82. The molecule has 1 aromatic heterocycles. The van der Waals surface area contributed by atoms with Gasteiger partial charge in [-0.3, -0.25) is 0 Å². The Bertz CT molecular complexity index is 626. The van der Waals surface area contributed by atoms with Gasteiger partial charge in [-0.25, -0.2) is 9.67 Å². The van der Waals surface area contributed by atoms with Crippen LogP contribution in [0.2, 0.25) is 0 Å². The van der Waals surface area contributed by atoms with E-state index in [-0.39, 0.29) is 12.4 Å². The van der Waals surface area contributed by atoms with Gasteiger partial charge in [-0.15, -0.1) is 0 Å². The maximum atomic E-state index is 8.80. The number of nitrogens with two attached hydrogens (primary N) is 1. The molecule has 0 aliphatic rings. The van der Waals surface area contributed by atoms with Crippen molar-refractivity contribution in [2.24, 2.45) is 10.9 Å². The van der Waals surface area contributed by atoms with Crippen molar-refractivity contribution < 1.29 is 9.94 Å². The number of ether oxygens (including phenoxy) is 1. The lowest BCUT2D eigenvalue weighted by Crippen LogP contribution is -2.15. The second kappa shape index (κ2) is 6.38. The first-order valence-corrected chi connectivity index (χ1v) is 6.72. The minimum Gasteiger partial charge on any atom is -0.485 e. The van der Waals surface area contributed by atoms with E-state index in [0.717, 1.165) is 4.47 Å². The molecule has 1 heterocycles. The average Bonchev–Trinajstić information content (AvgIpc) is 2.92. The minimum absolute atomic E-state index is 0.0155. The van der Waals surface area contributed by atoms with Crippen LogP contribution in [-0.2, 0) is 13.2 Å². The normalized spacial score (nSPS) is 11.6. The van der Waals surface area contributed by atoms with Crippen molar-refractivity contribution >= 4 is 21.8 Å². The molecule has 0 amide bonds. The fourth-order valence-electron chi connectivity index (χ4n) is 1.69. The van der Waals surface area contributed by atoms with Crippen molar-refractivity contribution in [1.29, 1.82) is 0 Å². The average molecular weight is 340 g/mol. The first-order valence-electron chi connectivity index (χ1n) is 5.92. The van der Waals surface area contributed by atoms with E-state index in [2.05, 4.69) is 31.2 Å². The van der Waals surface area contributed by atoms with E-state index in [4.69, 9.17) is 15.7 Å². The van der Waals surface area contributed by atoms with Gasteiger partial charge in [0.15, 0.2) is 11.7 Å². The highest BCUT2D eigenvalue weighted by Gasteiger charge is 2.11. The summed E-state index contributed by atoms with van der Waals surface area (Å²) in [5.41, 5.74) is 6.14. The lowest BCUT2D eigenvalue weighted by atomic mass is 10.2. The first-order chi connectivity index (χ1) is 9.65. The maximum Gasteiger partial charge on any atom is 0.173 e. The molecule has 8 heteroatoms. The molecule has 0 bridgehead atoms. The van der Waals surface area contributed by atoms with Crippen molar-refractivity contribution in [3.05, 3.63) is 40.4 Å². The van der Waals surface area contributed by atoms with E-state index in [1.807, 2.05) is 13.0 Å². The summed E-state index contributed by atoms with van der Waals surface area (Å²) < 4.78 is 8.23. The number of nitrogens with zero attached hydrogens (tertiary/aromatic N) is 4. The smallest absolute Gasteiger partial charge is 0.173 e. The van der Waals surface area contributed by atoms with Crippen LogP contribution in [0.15, 0.2) is 34.2 Å². The third kappa shape index (κ3) is 3.08. The molecule has 0 spiro atoms. The van der Waals surface area contributed by atoms with Crippen LogP contribution in [0.1, 0.15) is 18.3 Å². The standard InChI is InChI=1S/C12H14BrN5O2/c1-2-18-11(15-7-16-18)6-20-10-4-3-8(13)5-9(10)12(14)17-19/h3-5,7,19H,2,6H2,1H3,(H2,14,17). The second-order valence-electron chi connectivity index (χ2n) is 3.91. The topological polar surface area (TPSA) is 98.5 Å². The van der Waals surface area contributed by atoms with E-state index in [0.29, 0.717) is 23.7 Å². The van der Waals surface area contributed by atoms with Gasteiger partial charge in [0.1, 0.15) is 18.7 Å². The summed E-state index contributed by atoms with van der Waals surface area (Å²) in [6, 6.07) is 5.27. The zero-order chi connectivity index (χ0) is 14.5. The molecule has 0 saturated heterocycles. The Balaban J connectivity index is 2.21. The van der Waals surface area contributed by atoms with Gasteiger partial charge in [0.05, 0.1) is 5.56 Å². The molecular weight excluding hydrogens is 326 g/mol. The van der Waals surface area contributed by atoms with E-state index in [1.165, 1.54) is 6.33 Å². The number of hydrogen-bond acceptors (Lipinski definition) is 5. The molecular formula is C12H14BrN5O2. The molecule has 0 unspecified atom stereocenters. The predicted octanol–water partition coefficient (Wildman–Crippen LogP) is 1.73. The molecule has 7 nitrogen and oxygen atoms in total. The molecule has 0 fully saturated rings. The highest BCUT2D eigenvalue weighted by atomic mass is 79.9. The van der Waals surface area contributed by atoms with Crippen LogP contribution in [0.5, 0.6) is 5.75 Å². The first kappa shape index (κ1) is 14.3. The van der Waals surface area contributed by atoms with E-state index in [9.17, 15) is 0 Å². The van der Waals surface area contributed by atoms with Gasteiger partial charge in [-0.2, -0.15) is 5.10 Å². The number of oxime groups is 1.